The van der Waals surface area contributed by atoms with E-state index in [0.717, 1.165) is 0 Å². The van der Waals surface area contributed by atoms with E-state index in [1.54, 1.807) is 24.3 Å². The molecule has 6 heteroatoms. The minimum absolute atomic E-state index is 0.0124. The van der Waals surface area contributed by atoms with Crippen molar-refractivity contribution in [1.82, 2.24) is 10.2 Å². The number of nitrogens with zero attached hydrogens (tertiary/aromatic N) is 1. The van der Waals surface area contributed by atoms with Gasteiger partial charge in [0.1, 0.15) is 5.75 Å². The number of amides is 2. The highest BCUT2D eigenvalue weighted by Crippen LogP contribution is 2.22. The Labute approximate surface area is 136 Å². The lowest BCUT2D eigenvalue weighted by Gasteiger charge is -2.25. The van der Waals surface area contributed by atoms with Gasteiger partial charge < -0.3 is 15.0 Å². The SMILES string of the molecule is CCN(CC(=O)NC(C)(C)C)C(=O)COc1ccccc1Cl. The van der Waals surface area contributed by atoms with E-state index in [2.05, 4.69) is 5.32 Å². The quantitative estimate of drug-likeness (QED) is 0.873. The van der Waals surface area contributed by atoms with Gasteiger partial charge in [0.2, 0.25) is 5.91 Å². The Morgan fingerprint density at radius 2 is 1.91 bits per heavy atom. The molecule has 0 aromatic heterocycles. The first-order chi connectivity index (χ1) is 10.2. The van der Waals surface area contributed by atoms with Gasteiger partial charge in [-0.25, -0.2) is 0 Å². The van der Waals surface area contributed by atoms with E-state index < -0.39 is 0 Å². The molecule has 0 heterocycles. The molecule has 0 aliphatic rings. The van der Waals surface area contributed by atoms with Gasteiger partial charge in [0.15, 0.2) is 6.61 Å². The van der Waals surface area contributed by atoms with Gasteiger partial charge in [0.25, 0.3) is 5.91 Å². The second-order valence-electron chi connectivity index (χ2n) is 5.93. The maximum Gasteiger partial charge on any atom is 0.260 e. The first-order valence-electron chi connectivity index (χ1n) is 7.19. The monoisotopic (exact) mass is 326 g/mol. The Morgan fingerprint density at radius 1 is 1.27 bits per heavy atom. The summed E-state index contributed by atoms with van der Waals surface area (Å²) < 4.78 is 5.41. The number of hydrogen-bond donors (Lipinski definition) is 1. The van der Waals surface area contributed by atoms with E-state index in [9.17, 15) is 9.59 Å². The molecule has 0 spiro atoms. The van der Waals surface area contributed by atoms with Gasteiger partial charge in [-0.05, 0) is 39.8 Å². The van der Waals surface area contributed by atoms with Crippen LogP contribution in [0.15, 0.2) is 24.3 Å². The number of nitrogens with one attached hydrogen (secondary N) is 1. The summed E-state index contributed by atoms with van der Waals surface area (Å²) in [6, 6.07) is 6.94. The van der Waals surface area contributed by atoms with Crippen LogP contribution in [0.4, 0.5) is 0 Å². The van der Waals surface area contributed by atoms with E-state index in [4.69, 9.17) is 16.3 Å². The molecule has 0 unspecified atom stereocenters. The molecule has 0 aliphatic heterocycles. The summed E-state index contributed by atoms with van der Waals surface area (Å²) in [5.41, 5.74) is -0.326. The molecule has 1 aromatic rings. The van der Waals surface area contributed by atoms with E-state index in [0.29, 0.717) is 17.3 Å². The van der Waals surface area contributed by atoms with Crippen molar-refractivity contribution in [2.45, 2.75) is 33.2 Å². The molecular formula is C16H23ClN2O3. The van der Waals surface area contributed by atoms with Crippen molar-refractivity contribution in [3.8, 4) is 5.75 Å². The fraction of sp³-hybridized carbons (Fsp3) is 0.500. The second kappa shape index (κ2) is 8.03. The molecule has 0 saturated heterocycles. The Hall–Kier alpha value is -1.75. The number of benzene rings is 1. The number of rotatable bonds is 6. The number of hydrogen-bond acceptors (Lipinski definition) is 3. The standard InChI is InChI=1S/C16H23ClN2O3/c1-5-19(10-14(20)18-16(2,3)4)15(21)11-22-13-9-7-6-8-12(13)17/h6-9H,5,10-11H2,1-4H3,(H,18,20). The second-order valence-corrected chi connectivity index (χ2v) is 6.33. The van der Waals surface area contributed by atoms with E-state index in [1.165, 1.54) is 4.90 Å². The molecule has 122 valence electrons. The number of halogens is 1. The fourth-order valence-electron chi connectivity index (χ4n) is 1.80. The number of para-hydroxylation sites is 1. The van der Waals surface area contributed by atoms with Crippen LogP contribution in [0, 0.1) is 0 Å². The van der Waals surface area contributed by atoms with Crippen molar-refractivity contribution in [2.75, 3.05) is 19.7 Å². The average Bonchev–Trinajstić information content (AvgIpc) is 2.41. The van der Waals surface area contributed by atoms with Gasteiger partial charge in [0.05, 0.1) is 11.6 Å². The first-order valence-corrected chi connectivity index (χ1v) is 7.57. The van der Waals surface area contributed by atoms with Gasteiger partial charge in [-0.1, -0.05) is 23.7 Å². The summed E-state index contributed by atoms with van der Waals surface area (Å²) in [7, 11) is 0. The van der Waals surface area contributed by atoms with Crippen LogP contribution in [0.1, 0.15) is 27.7 Å². The molecule has 0 saturated carbocycles. The minimum Gasteiger partial charge on any atom is -0.482 e. The van der Waals surface area contributed by atoms with Crippen LogP contribution in [0.3, 0.4) is 0 Å². The van der Waals surface area contributed by atoms with Crippen LogP contribution in [0.2, 0.25) is 5.02 Å². The van der Waals surface area contributed by atoms with Crippen LogP contribution >= 0.6 is 11.6 Å². The molecule has 1 N–H and O–H groups in total. The lowest BCUT2D eigenvalue weighted by atomic mass is 10.1. The van der Waals surface area contributed by atoms with Crippen molar-refractivity contribution < 1.29 is 14.3 Å². The van der Waals surface area contributed by atoms with Gasteiger partial charge in [-0.15, -0.1) is 0 Å². The summed E-state index contributed by atoms with van der Waals surface area (Å²) in [5.74, 6) is -0.000338. The van der Waals surface area contributed by atoms with Crippen LogP contribution < -0.4 is 10.1 Å². The number of carbonyl (C=O) groups excluding carboxylic acids is 2. The summed E-state index contributed by atoms with van der Waals surface area (Å²) >= 11 is 5.96. The minimum atomic E-state index is -0.326. The Kier molecular flexibility index (Phi) is 6.68. The molecule has 0 radical (unpaired) electrons. The third-order valence-corrected chi connectivity index (χ3v) is 3.08. The maximum absolute atomic E-state index is 12.1. The molecule has 0 bridgehead atoms. The summed E-state index contributed by atoms with van der Waals surface area (Å²) in [5, 5.41) is 3.27. The van der Waals surface area contributed by atoms with Crippen molar-refractivity contribution in [1.29, 1.82) is 0 Å². The van der Waals surface area contributed by atoms with Crippen molar-refractivity contribution >= 4 is 23.4 Å². The lowest BCUT2D eigenvalue weighted by Crippen LogP contribution is -2.48. The molecule has 0 aliphatic carbocycles. The van der Waals surface area contributed by atoms with Crippen molar-refractivity contribution in [3.63, 3.8) is 0 Å². The summed E-state index contributed by atoms with van der Waals surface area (Å²) in [6.07, 6.45) is 0. The third-order valence-electron chi connectivity index (χ3n) is 2.77. The van der Waals surface area contributed by atoms with Crippen LogP contribution in [0.5, 0.6) is 5.75 Å². The fourth-order valence-corrected chi connectivity index (χ4v) is 1.99. The first kappa shape index (κ1) is 18.3. The predicted molar refractivity (Wildman–Crippen MR) is 87.1 cm³/mol. The molecule has 22 heavy (non-hydrogen) atoms. The Morgan fingerprint density at radius 3 is 2.45 bits per heavy atom. The molecule has 1 rings (SSSR count). The van der Waals surface area contributed by atoms with Gasteiger partial charge in [-0.3, -0.25) is 9.59 Å². The van der Waals surface area contributed by atoms with Gasteiger partial charge >= 0.3 is 0 Å². The zero-order valence-electron chi connectivity index (χ0n) is 13.5. The van der Waals surface area contributed by atoms with E-state index in [1.807, 2.05) is 27.7 Å². The Balaban J connectivity index is 2.54. The van der Waals surface area contributed by atoms with E-state index >= 15 is 0 Å². The highest BCUT2D eigenvalue weighted by atomic mass is 35.5. The van der Waals surface area contributed by atoms with Crippen LogP contribution in [0.25, 0.3) is 0 Å². The zero-order valence-corrected chi connectivity index (χ0v) is 14.2. The summed E-state index contributed by atoms with van der Waals surface area (Å²) in [4.78, 5) is 25.5. The largest absolute Gasteiger partial charge is 0.482 e. The summed E-state index contributed by atoms with van der Waals surface area (Å²) in [6.45, 7) is 7.79. The normalized spacial score (nSPS) is 11.0. The number of carbonyl (C=O) groups is 2. The molecule has 1 aromatic carbocycles. The molecule has 5 nitrogen and oxygen atoms in total. The number of likely N-dealkylation sites (N-methyl/N-ethyl adjacent to an activating group) is 1. The predicted octanol–water partition coefficient (Wildman–Crippen LogP) is 2.48. The Bertz CT molecular complexity index is 526. The van der Waals surface area contributed by atoms with Crippen molar-refractivity contribution in [2.24, 2.45) is 0 Å². The highest BCUT2D eigenvalue weighted by Gasteiger charge is 2.19. The third kappa shape index (κ3) is 6.35. The van der Waals surface area contributed by atoms with Gasteiger partial charge in [0, 0.05) is 12.1 Å². The molecule has 0 atom stereocenters. The lowest BCUT2D eigenvalue weighted by molar-refractivity contribution is -0.137. The maximum atomic E-state index is 12.1. The van der Waals surface area contributed by atoms with Crippen LogP contribution in [-0.2, 0) is 9.59 Å². The molecule has 0 fully saturated rings. The topological polar surface area (TPSA) is 58.6 Å². The molecule has 2 amide bonds. The van der Waals surface area contributed by atoms with Gasteiger partial charge in [-0.2, -0.15) is 0 Å². The molecular weight excluding hydrogens is 304 g/mol. The average molecular weight is 327 g/mol. The van der Waals surface area contributed by atoms with Crippen LogP contribution in [-0.4, -0.2) is 41.9 Å². The van der Waals surface area contributed by atoms with E-state index in [-0.39, 0.29) is 30.5 Å². The highest BCUT2D eigenvalue weighted by molar-refractivity contribution is 6.32. The zero-order chi connectivity index (χ0) is 16.8. The number of ether oxygens (including phenoxy) is 1. The smallest absolute Gasteiger partial charge is 0.260 e. The van der Waals surface area contributed by atoms with Crippen molar-refractivity contribution in [3.05, 3.63) is 29.3 Å².